The Morgan fingerprint density at radius 3 is 2.12 bits per heavy atom. The second-order valence-corrected chi connectivity index (χ2v) is 4.91. The standard InChI is InChI=1S/C14H24N2/c1-12(2)15-10-9-13-5-7-14(8-6-13)11-16(3)4/h5-8,12,15H,9-11H2,1-4H3. The second-order valence-electron chi connectivity index (χ2n) is 4.91. The molecule has 0 fully saturated rings. The van der Waals surface area contributed by atoms with Gasteiger partial charge in [-0.2, -0.15) is 0 Å². The number of rotatable bonds is 6. The molecule has 16 heavy (non-hydrogen) atoms. The van der Waals surface area contributed by atoms with Crippen LogP contribution in [0.2, 0.25) is 0 Å². The zero-order valence-corrected chi connectivity index (χ0v) is 11.0. The highest BCUT2D eigenvalue weighted by atomic mass is 15.0. The lowest BCUT2D eigenvalue weighted by molar-refractivity contribution is 0.402. The third kappa shape index (κ3) is 5.29. The molecule has 0 atom stereocenters. The summed E-state index contributed by atoms with van der Waals surface area (Å²) in [7, 11) is 4.20. The van der Waals surface area contributed by atoms with Gasteiger partial charge in [0, 0.05) is 12.6 Å². The summed E-state index contributed by atoms with van der Waals surface area (Å²) >= 11 is 0. The van der Waals surface area contributed by atoms with Crippen LogP contribution < -0.4 is 5.32 Å². The first-order chi connectivity index (χ1) is 7.58. The molecule has 1 rings (SSSR count). The molecule has 0 saturated heterocycles. The van der Waals surface area contributed by atoms with Gasteiger partial charge in [0.2, 0.25) is 0 Å². The maximum atomic E-state index is 3.43. The summed E-state index contributed by atoms with van der Waals surface area (Å²) in [5.74, 6) is 0. The molecular formula is C14H24N2. The van der Waals surface area contributed by atoms with Crippen LogP contribution in [0, 0.1) is 0 Å². The summed E-state index contributed by atoms with van der Waals surface area (Å²) in [6.45, 7) is 6.44. The van der Waals surface area contributed by atoms with Crippen molar-refractivity contribution in [3.05, 3.63) is 35.4 Å². The molecule has 0 aromatic heterocycles. The first kappa shape index (κ1) is 13.2. The Morgan fingerprint density at radius 1 is 1.06 bits per heavy atom. The average molecular weight is 220 g/mol. The highest BCUT2D eigenvalue weighted by Crippen LogP contribution is 2.06. The Morgan fingerprint density at radius 2 is 1.62 bits per heavy atom. The Labute approximate surface area is 99.7 Å². The van der Waals surface area contributed by atoms with Crippen molar-refractivity contribution in [2.75, 3.05) is 20.6 Å². The minimum absolute atomic E-state index is 0.577. The monoisotopic (exact) mass is 220 g/mol. The van der Waals surface area contributed by atoms with Gasteiger partial charge in [-0.1, -0.05) is 38.1 Å². The summed E-state index contributed by atoms with van der Waals surface area (Å²) in [5, 5.41) is 3.43. The van der Waals surface area contributed by atoms with Gasteiger partial charge in [0.05, 0.1) is 0 Å². The maximum absolute atomic E-state index is 3.43. The highest BCUT2D eigenvalue weighted by molar-refractivity contribution is 5.22. The molecule has 0 heterocycles. The van der Waals surface area contributed by atoms with Crippen molar-refractivity contribution in [3.63, 3.8) is 0 Å². The molecule has 0 unspecified atom stereocenters. The number of nitrogens with zero attached hydrogens (tertiary/aromatic N) is 1. The van der Waals surface area contributed by atoms with E-state index in [-0.39, 0.29) is 0 Å². The van der Waals surface area contributed by atoms with Crippen LogP contribution in [0.5, 0.6) is 0 Å². The minimum Gasteiger partial charge on any atom is -0.314 e. The van der Waals surface area contributed by atoms with E-state index in [0.717, 1.165) is 19.5 Å². The lowest BCUT2D eigenvalue weighted by atomic mass is 10.1. The van der Waals surface area contributed by atoms with Gasteiger partial charge in [0.25, 0.3) is 0 Å². The number of nitrogens with one attached hydrogen (secondary N) is 1. The van der Waals surface area contributed by atoms with E-state index < -0.39 is 0 Å². The molecule has 0 aliphatic heterocycles. The Kier molecular flexibility index (Phi) is 5.50. The van der Waals surface area contributed by atoms with Gasteiger partial charge in [0.15, 0.2) is 0 Å². The second kappa shape index (κ2) is 6.66. The van der Waals surface area contributed by atoms with E-state index in [1.165, 1.54) is 11.1 Å². The van der Waals surface area contributed by atoms with E-state index in [2.05, 4.69) is 62.4 Å². The lowest BCUT2D eigenvalue weighted by Crippen LogP contribution is -2.24. The molecule has 0 amide bonds. The van der Waals surface area contributed by atoms with Crippen LogP contribution in [0.1, 0.15) is 25.0 Å². The van der Waals surface area contributed by atoms with Crippen LogP contribution in [0.4, 0.5) is 0 Å². The predicted octanol–water partition coefficient (Wildman–Crippen LogP) is 2.29. The summed E-state index contributed by atoms with van der Waals surface area (Å²) in [6.07, 6.45) is 1.11. The molecule has 0 aliphatic carbocycles. The van der Waals surface area contributed by atoms with Crippen LogP contribution in [0.15, 0.2) is 24.3 Å². The van der Waals surface area contributed by atoms with Crippen molar-refractivity contribution in [3.8, 4) is 0 Å². The lowest BCUT2D eigenvalue weighted by Gasteiger charge is -2.11. The van der Waals surface area contributed by atoms with Gasteiger partial charge in [0.1, 0.15) is 0 Å². The molecule has 0 aliphatic rings. The smallest absolute Gasteiger partial charge is 0.0227 e. The molecule has 1 aromatic rings. The van der Waals surface area contributed by atoms with Gasteiger partial charge in [-0.05, 0) is 38.2 Å². The topological polar surface area (TPSA) is 15.3 Å². The Bertz CT molecular complexity index is 288. The summed E-state index contributed by atoms with van der Waals surface area (Å²) in [5.41, 5.74) is 2.79. The summed E-state index contributed by atoms with van der Waals surface area (Å²) < 4.78 is 0. The molecule has 2 heteroatoms. The van der Waals surface area contributed by atoms with Crippen LogP contribution in [-0.2, 0) is 13.0 Å². The fourth-order valence-corrected chi connectivity index (χ4v) is 1.68. The Hall–Kier alpha value is -0.860. The third-order valence-electron chi connectivity index (χ3n) is 2.49. The SMILES string of the molecule is CC(C)NCCc1ccc(CN(C)C)cc1. The van der Waals surface area contributed by atoms with E-state index in [1.807, 2.05) is 0 Å². The van der Waals surface area contributed by atoms with Crippen LogP contribution in [0.3, 0.4) is 0 Å². The van der Waals surface area contributed by atoms with Crippen LogP contribution in [-0.4, -0.2) is 31.6 Å². The quantitative estimate of drug-likeness (QED) is 0.791. The van der Waals surface area contributed by atoms with Gasteiger partial charge in [-0.25, -0.2) is 0 Å². The van der Waals surface area contributed by atoms with Gasteiger partial charge in [-0.15, -0.1) is 0 Å². The zero-order chi connectivity index (χ0) is 12.0. The molecule has 0 bridgehead atoms. The van der Waals surface area contributed by atoms with E-state index in [4.69, 9.17) is 0 Å². The molecule has 90 valence electrons. The van der Waals surface area contributed by atoms with E-state index >= 15 is 0 Å². The normalized spacial score (nSPS) is 11.4. The Balaban J connectivity index is 2.39. The largest absolute Gasteiger partial charge is 0.314 e. The van der Waals surface area contributed by atoms with Gasteiger partial charge >= 0.3 is 0 Å². The maximum Gasteiger partial charge on any atom is 0.0227 e. The molecule has 1 aromatic carbocycles. The third-order valence-corrected chi connectivity index (χ3v) is 2.49. The van der Waals surface area contributed by atoms with E-state index in [1.54, 1.807) is 0 Å². The van der Waals surface area contributed by atoms with Gasteiger partial charge in [-0.3, -0.25) is 0 Å². The minimum atomic E-state index is 0.577. The number of hydrogen-bond acceptors (Lipinski definition) is 2. The number of benzene rings is 1. The molecule has 0 radical (unpaired) electrons. The average Bonchev–Trinajstić information content (AvgIpc) is 2.19. The molecule has 1 N–H and O–H groups in total. The molecular weight excluding hydrogens is 196 g/mol. The van der Waals surface area contributed by atoms with Crippen molar-refractivity contribution in [2.45, 2.75) is 32.9 Å². The van der Waals surface area contributed by atoms with Crippen molar-refractivity contribution in [1.82, 2.24) is 10.2 Å². The van der Waals surface area contributed by atoms with Crippen molar-refractivity contribution in [2.24, 2.45) is 0 Å². The fraction of sp³-hybridized carbons (Fsp3) is 0.571. The molecule has 0 spiro atoms. The molecule has 0 saturated carbocycles. The van der Waals surface area contributed by atoms with Gasteiger partial charge < -0.3 is 10.2 Å². The van der Waals surface area contributed by atoms with Crippen molar-refractivity contribution < 1.29 is 0 Å². The molecule has 2 nitrogen and oxygen atoms in total. The van der Waals surface area contributed by atoms with Crippen LogP contribution in [0.25, 0.3) is 0 Å². The van der Waals surface area contributed by atoms with Crippen molar-refractivity contribution in [1.29, 1.82) is 0 Å². The van der Waals surface area contributed by atoms with Crippen LogP contribution >= 0.6 is 0 Å². The van der Waals surface area contributed by atoms with E-state index in [9.17, 15) is 0 Å². The summed E-state index contributed by atoms with van der Waals surface area (Å²) in [4.78, 5) is 2.19. The first-order valence-corrected chi connectivity index (χ1v) is 6.04. The first-order valence-electron chi connectivity index (χ1n) is 6.04. The summed E-state index contributed by atoms with van der Waals surface area (Å²) in [6, 6.07) is 9.50. The number of hydrogen-bond donors (Lipinski definition) is 1. The van der Waals surface area contributed by atoms with Crippen molar-refractivity contribution >= 4 is 0 Å². The van der Waals surface area contributed by atoms with E-state index in [0.29, 0.717) is 6.04 Å². The zero-order valence-electron chi connectivity index (χ0n) is 11.0. The fourth-order valence-electron chi connectivity index (χ4n) is 1.68. The highest BCUT2D eigenvalue weighted by Gasteiger charge is 1.97. The predicted molar refractivity (Wildman–Crippen MR) is 70.7 cm³/mol.